The SMILES string of the molecule is NN1CCC(COc2cc3c(cc2O)CCC3)CC1. The van der Waals surface area contributed by atoms with Crippen LogP contribution in [0.3, 0.4) is 0 Å². The van der Waals surface area contributed by atoms with Crippen LogP contribution < -0.4 is 10.6 Å². The van der Waals surface area contributed by atoms with Gasteiger partial charge in [0.05, 0.1) is 6.61 Å². The van der Waals surface area contributed by atoms with Crippen molar-refractivity contribution in [3.05, 3.63) is 23.3 Å². The van der Waals surface area contributed by atoms with Gasteiger partial charge in [0.1, 0.15) is 0 Å². The number of benzene rings is 1. The first-order chi connectivity index (χ1) is 9.22. The molecule has 4 nitrogen and oxygen atoms in total. The Balaban J connectivity index is 1.61. The highest BCUT2D eigenvalue weighted by Gasteiger charge is 2.19. The van der Waals surface area contributed by atoms with Crippen molar-refractivity contribution in [1.82, 2.24) is 5.01 Å². The molecule has 4 heteroatoms. The van der Waals surface area contributed by atoms with E-state index in [-0.39, 0.29) is 5.75 Å². The van der Waals surface area contributed by atoms with Crippen LogP contribution >= 0.6 is 0 Å². The lowest BCUT2D eigenvalue weighted by molar-refractivity contribution is 0.141. The van der Waals surface area contributed by atoms with E-state index in [0.29, 0.717) is 18.3 Å². The molecule has 2 aliphatic rings. The Hall–Kier alpha value is -1.26. The van der Waals surface area contributed by atoms with Gasteiger partial charge in [-0.15, -0.1) is 0 Å². The van der Waals surface area contributed by atoms with E-state index in [1.165, 1.54) is 17.5 Å². The third-order valence-corrected chi connectivity index (χ3v) is 4.30. The smallest absolute Gasteiger partial charge is 0.161 e. The van der Waals surface area contributed by atoms with Crippen LogP contribution in [0.25, 0.3) is 0 Å². The average Bonchev–Trinajstić information content (AvgIpc) is 2.85. The average molecular weight is 262 g/mol. The molecule has 0 bridgehead atoms. The van der Waals surface area contributed by atoms with Crippen molar-refractivity contribution in [2.75, 3.05) is 19.7 Å². The third-order valence-electron chi connectivity index (χ3n) is 4.30. The van der Waals surface area contributed by atoms with Crippen LogP contribution in [0, 0.1) is 5.92 Å². The monoisotopic (exact) mass is 262 g/mol. The van der Waals surface area contributed by atoms with Gasteiger partial charge in [-0.3, -0.25) is 5.84 Å². The number of hydrogen-bond donors (Lipinski definition) is 2. The van der Waals surface area contributed by atoms with Crippen LogP contribution in [0.5, 0.6) is 11.5 Å². The molecule has 1 aromatic rings. The van der Waals surface area contributed by atoms with E-state index in [2.05, 4.69) is 0 Å². The quantitative estimate of drug-likeness (QED) is 0.816. The first-order valence-corrected chi connectivity index (χ1v) is 7.19. The number of aromatic hydroxyl groups is 1. The molecule has 1 aliphatic heterocycles. The largest absolute Gasteiger partial charge is 0.504 e. The number of nitrogens with two attached hydrogens (primary N) is 1. The van der Waals surface area contributed by atoms with Gasteiger partial charge < -0.3 is 9.84 Å². The van der Waals surface area contributed by atoms with Crippen LogP contribution in [-0.2, 0) is 12.8 Å². The fourth-order valence-electron chi connectivity index (χ4n) is 3.03. The van der Waals surface area contributed by atoms with Crippen LogP contribution in [0.15, 0.2) is 12.1 Å². The summed E-state index contributed by atoms with van der Waals surface area (Å²) in [6, 6.07) is 3.90. The molecule has 3 N–H and O–H groups in total. The molecule has 0 saturated carbocycles. The predicted octanol–water partition coefficient (Wildman–Crippen LogP) is 1.85. The highest BCUT2D eigenvalue weighted by Crippen LogP contribution is 2.34. The van der Waals surface area contributed by atoms with Gasteiger partial charge in [-0.05, 0) is 61.3 Å². The van der Waals surface area contributed by atoms with Gasteiger partial charge in [0.15, 0.2) is 11.5 Å². The van der Waals surface area contributed by atoms with Crippen LogP contribution in [-0.4, -0.2) is 29.8 Å². The van der Waals surface area contributed by atoms with Gasteiger partial charge in [-0.1, -0.05) is 0 Å². The summed E-state index contributed by atoms with van der Waals surface area (Å²) < 4.78 is 5.83. The number of ether oxygens (including phenoxy) is 1. The van der Waals surface area contributed by atoms with E-state index in [1.807, 2.05) is 17.1 Å². The molecule has 0 aromatic heterocycles. The Morgan fingerprint density at radius 1 is 1.21 bits per heavy atom. The number of rotatable bonds is 3. The molecule has 0 amide bonds. The van der Waals surface area contributed by atoms with Crippen molar-refractivity contribution < 1.29 is 9.84 Å². The van der Waals surface area contributed by atoms with Gasteiger partial charge in [-0.2, -0.15) is 0 Å². The molecule has 0 atom stereocenters. The lowest BCUT2D eigenvalue weighted by atomic mass is 9.99. The summed E-state index contributed by atoms with van der Waals surface area (Å²) in [4.78, 5) is 0. The van der Waals surface area contributed by atoms with Crippen LogP contribution in [0.2, 0.25) is 0 Å². The van der Waals surface area contributed by atoms with Gasteiger partial charge in [-0.25, -0.2) is 5.01 Å². The summed E-state index contributed by atoms with van der Waals surface area (Å²) in [7, 11) is 0. The first kappa shape index (κ1) is 12.8. The maximum absolute atomic E-state index is 9.99. The molecule has 3 rings (SSSR count). The second-order valence-electron chi connectivity index (χ2n) is 5.73. The number of phenolic OH excluding ortho intramolecular Hbond substituents is 1. The first-order valence-electron chi connectivity index (χ1n) is 7.19. The number of hydrazine groups is 1. The molecule has 1 fully saturated rings. The number of nitrogens with zero attached hydrogens (tertiary/aromatic N) is 1. The Morgan fingerprint density at radius 3 is 2.63 bits per heavy atom. The molecule has 1 saturated heterocycles. The summed E-state index contributed by atoms with van der Waals surface area (Å²) >= 11 is 0. The standard InChI is InChI=1S/C15H22N2O2/c16-17-6-4-11(5-7-17)10-19-15-9-13-3-1-2-12(13)8-14(15)18/h8-9,11,18H,1-7,10,16H2. The summed E-state index contributed by atoms with van der Waals surface area (Å²) in [6.07, 6.45) is 5.52. The predicted molar refractivity (Wildman–Crippen MR) is 74.1 cm³/mol. The zero-order chi connectivity index (χ0) is 13.2. The lowest BCUT2D eigenvalue weighted by Crippen LogP contribution is -2.40. The zero-order valence-electron chi connectivity index (χ0n) is 11.3. The molecule has 0 spiro atoms. The topological polar surface area (TPSA) is 58.7 Å². The second kappa shape index (κ2) is 5.39. The Bertz CT molecular complexity index is 454. The molecule has 1 aliphatic carbocycles. The van der Waals surface area contributed by atoms with E-state index >= 15 is 0 Å². The maximum atomic E-state index is 9.99. The van der Waals surface area contributed by atoms with Crippen molar-refractivity contribution in [2.45, 2.75) is 32.1 Å². The van der Waals surface area contributed by atoms with Crippen LogP contribution in [0.4, 0.5) is 0 Å². The number of fused-ring (bicyclic) bond motifs is 1. The van der Waals surface area contributed by atoms with Crippen molar-refractivity contribution in [3.8, 4) is 11.5 Å². The highest BCUT2D eigenvalue weighted by molar-refractivity contribution is 5.48. The van der Waals surface area contributed by atoms with E-state index < -0.39 is 0 Å². The summed E-state index contributed by atoms with van der Waals surface area (Å²) in [6.45, 7) is 2.55. The van der Waals surface area contributed by atoms with Crippen LogP contribution in [0.1, 0.15) is 30.4 Å². The second-order valence-corrected chi connectivity index (χ2v) is 5.73. The van der Waals surface area contributed by atoms with E-state index in [4.69, 9.17) is 10.6 Å². The molecule has 0 radical (unpaired) electrons. The minimum Gasteiger partial charge on any atom is -0.504 e. The molecular weight excluding hydrogens is 240 g/mol. The zero-order valence-corrected chi connectivity index (χ0v) is 11.3. The third kappa shape index (κ3) is 2.85. The Morgan fingerprint density at radius 2 is 1.89 bits per heavy atom. The number of phenols is 1. The molecule has 0 unspecified atom stereocenters. The fraction of sp³-hybridized carbons (Fsp3) is 0.600. The van der Waals surface area contributed by atoms with Crippen molar-refractivity contribution in [2.24, 2.45) is 11.8 Å². The van der Waals surface area contributed by atoms with Gasteiger partial charge in [0.2, 0.25) is 0 Å². The normalized spacial score (nSPS) is 20.5. The molecular formula is C15H22N2O2. The maximum Gasteiger partial charge on any atom is 0.161 e. The minimum atomic E-state index is 0.289. The highest BCUT2D eigenvalue weighted by atomic mass is 16.5. The van der Waals surface area contributed by atoms with Crippen molar-refractivity contribution in [1.29, 1.82) is 0 Å². The number of aryl methyl sites for hydroxylation is 2. The van der Waals surface area contributed by atoms with E-state index in [0.717, 1.165) is 38.8 Å². The molecule has 1 aromatic carbocycles. The van der Waals surface area contributed by atoms with Gasteiger partial charge in [0.25, 0.3) is 0 Å². The summed E-state index contributed by atoms with van der Waals surface area (Å²) in [5.74, 6) is 7.23. The number of hydrogen-bond acceptors (Lipinski definition) is 4. The molecule has 1 heterocycles. The minimum absolute atomic E-state index is 0.289. The molecule has 104 valence electrons. The fourth-order valence-corrected chi connectivity index (χ4v) is 3.03. The Labute approximate surface area is 114 Å². The molecule has 19 heavy (non-hydrogen) atoms. The number of piperidine rings is 1. The van der Waals surface area contributed by atoms with E-state index in [9.17, 15) is 5.11 Å². The van der Waals surface area contributed by atoms with E-state index in [1.54, 1.807) is 0 Å². The summed E-state index contributed by atoms with van der Waals surface area (Å²) in [5, 5.41) is 11.9. The van der Waals surface area contributed by atoms with Gasteiger partial charge in [0, 0.05) is 13.1 Å². The van der Waals surface area contributed by atoms with Crippen molar-refractivity contribution in [3.63, 3.8) is 0 Å². The summed E-state index contributed by atoms with van der Waals surface area (Å²) in [5.41, 5.74) is 2.62. The lowest BCUT2D eigenvalue weighted by Gasteiger charge is -2.28. The Kier molecular flexibility index (Phi) is 3.62. The van der Waals surface area contributed by atoms with Crippen molar-refractivity contribution >= 4 is 0 Å². The van der Waals surface area contributed by atoms with Gasteiger partial charge >= 0.3 is 0 Å².